The van der Waals surface area contributed by atoms with Gasteiger partial charge >= 0.3 is 0 Å². The van der Waals surface area contributed by atoms with Crippen molar-refractivity contribution in [3.05, 3.63) is 71.5 Å². The summed E-state index contributed by atoms with van der Waals surface area (Å²) in [5.74, 6) is 0.676. The number of hydrogen-bond acceptors (Lipinski definition) is 2. The highest BCUT2D eigenvalue weighted by atomic mass is 19.1. The van der Waals surface area contributed by atoms with Gasteiger partial charge in [-0.25, -0.2) is 4.39 Å². The molecule has 0 N–H and O–H groups in total. The molecule has 0 unspecified atom stereocenters. The quantitative estimate of drug-likeness (QED) is 0.544. The Morgan fingerprint density at radius 1 is 0.963 bits per heavy atom. The van der Waals surface area contributed by atoms with Gasteiger partial charge < -0.3 is 4.90 Å². The van der Waals surface area contributed by atoms with Gasteiger partial charge in [0.05, 0.1) is 0 Å². The molecule has 144 valence electrons. The van der Waals surface area contributed by atoms with Crippen molar-refractivity contribution < 1.29 is 9.18 Å². The van der Waals surface area contributed by atoms with Crippen molar-refractivity contribution in [3.8, 4) is 0 Å². The molecule has 0 bridgehead atoms. The third kappa shape index (κ3) is 6.59. The second-order valence-electron chi connectivity index (χ2n) is 7.70. The molecule has 2 nitrogen and oxygen atoms in total. The van der Waals surface area contributed by atoms with E-state index in [2.05, 4.69) is 35.2 Å². The molecule has 0 aliphatic carbocycles. The molecule has 0 radical (unpaired) electrons. The Morgan fingerprint density at radius 3 is 2.37 bits per heavy atom. The monoisotopic (exact) mass is 367 g/mol. The Labute approximate surface area is 162 Å². The molecule has 0 aromatic heterocycles. The Morgan fingerprint density at radius 2 is 1.67 bits per heavy atom. The van der Waals surface area contributed by atoms with E-state index in [-0.39, 0.29) is 11.6 Å². The van der Waals surface area contributed by atoms with Crippen molar-refractivity contribution >= 4 is 5.78 Å². The molecular formula is C24H30FNO. The molecule has 0 atom stereocenters. The zero-order valence-electron chi connectivity index (χ0n) is 16.1. The fraction of sp³-hybridized carbons (Fsp3) is 0.458. The maximum atomic E-state index is 12.9. The summed E-state index contributed by atoms with van der Waals surface area (Å²) >= 11 is 0. The molecule has 1 heterocycles. The van der Waals surface area contributed by atoms with Crippen LogP contribution in [0.2, 0.25) is 0 Å². The predicted molar refractivity (Wildman–Crippen MR) is 109 cm³/mol. The van der Waals surface area contributed by atoms with Crippen LogP contribution in [-0.4, -0.2) is 30.3 Å². The van der Waals surface area contributed by atoms with Gasteiger partial charge in [0, 0.05) is 12.0 Å². The van der Waals surface area contributed by atoms with Gasteiger partial charge in [0.25, 0.3) is 0 Å². The topological polar surface area (TPSA) is 20.3 Å². The van der Waals surface area contributed by atoms with Crippen LogP contribution in [0.4, 0.5) is 4.39 Å². The number of ketones is 1. The number of aryl methyl sites for hydroxylation is 1. The standard InChI is InChI=1S/C24H30FNO/c25-23-13-11-22(12-14-23)24(27)10-5-17-26-18-15-21(16-19-26)9-4-8-20-6-2-1-3-7-20/h1-3,6-7,11-14,21H,4-5,8-10,15-19H2. The molecule has 27 heavy (non-hydrogen) atoms. The molecule has 0 amide bonds. The van der Waals surface area contributed by atoms with Gasteiger partial charge in [0.15, 0.2) is 5.78 Å². The van der Waals surface area contributed by atoms with Crippen LogP contribution >= 0.6 is 0 Å². The minimum absolute atomic E-state index is 0.116. The van der Waals surface area contributed by atoms with Gasteiger partial charge in [-0.05, 0) is 87.5 Å². The van der Waals surface area contributed by atoms with Crippen molar-refractivity contribution in [1.29, 1.82) is 0 Å². The number of carbonyl (C=O) groups excluding carboxylic acids is 1. The highest BCUT2D eigenvalue weighted by molar-refractivity contribution is 5.95. The minimum atomic E-state index is -0.293. The number of Topliss-reactive ketones (excluding diaryl/α,β-unsaturated/α-hetero) is 1. The zero-order chi connectivity index (χ0) is 18.9. The number of piperidine rings is 1. The number of benzene rings is 2. The summed E-state index contributed by atoms with van der Waals surface area (Å²) in [5, 5.41) is 0. The highest BCUT2D eigenvalue weighted by Crippen LogP contribution is 2.23. The van der Waals surface area contributed by atoms with Gasteiger partial charge in [-0.2, -0.15) is 0 Å². The number of carbonyl (C=O) groups is 1. The first-order valence-electron chi connectivity index (χ1n) is 10.3. The molecule has 0 saturated carbocycles. The normalized spacial score (nSPS) is 15.7. The van der Waals surface area contributed by atoms with Crippen LogP contribution in [0.15, 0.2) is 54.6 Å². The molecular weight excluding hydrogens is 337 g/mol. The molecule has 1 fully saturated rings. The SMILES string of the molecule is O=C(CCCN1CCC(CCCc2ccccc2)CC1)c1ccc(F)cc1. The average molecular weight is 368 g/mol. The molecule has 1 aliphatic heterocycles. The summed E-state index contributed by atoms with van der Waals surface area (Å²) in [6, 6.07) is 16.6. The van der Waals surface area contributed by atoms with E-state index < -0.39 is 0 Å². The van der Waals surface area contributed by atoms with Crippen molar-refractivity contribution in [2.75, 3.05) is 19.6 Å². The molecule has 0 spiro atoms. The average Bonchev–Trinajstić information content (AvgIpc) is 2.70. The predicted octanol–water partition coefficient (Wildman–Crippen LogP) is 5.52. The van der Waals surface area contributed by atoms with Crippen LogP contribution < -0.4 is 0 Å². The lowest BCUT2D eigenvalue weighted by molar-refractivity contribution is 0.0970. The first-order valence-corrected chi connectivity index (χ1v) is 10.3. The van der Waals surface area contributed by atoms with Crippen LogP contribution in [0.25, 0.3) is 0 Å². The maximum Gasteiger partial charge on any atom is 0.162 e. The molecule has 1 saturated heterocycles. The van der Waals surface area contributed by atoms with Crippen molar-refractivity contribution in [3.63, 3.8) is 0 Å². The van der Waals surface area contributed by atoms with E-state index in [4.69, 9.17) is 0 Å². The number of rotatable bonds is 9. The van der Waals surface area contributed by atoms with Crippen molar-refractivity contribution in [1.82, 2.24) is 4.90 Å². The van der Waals surface area contributed by atoms with Gasteiger partial charge in [-0.3, -0.25) is 4.79 Å². The fourth-order valence-electron chi connectivity index (χ4n) is 3.98. The van der Waals surface area contributed by atoms with E-state index in [0.717, 1.165) is 32.0 Å². The maximum absolute atomic E-state index is 12.9. The van der Waals surface area contributed by atoms with Crippen LogP contribution in [-0.2, 0) is 6.42 Å². The van der Waals surface area contributed by atoms with E-state index in [9.17, 15) is 9.18 Å². The highest BCUT2D eigenvalue weighted by Gasteiger charge is 2.18. The third-order valence-electron chi connectivity index (χ3n) is 5.67. The van der Waals surface area contributed by atoms with Crippen LogP contribution in [0.3, 0.4) is 0 Å². The lowest BCUT2D eigenvalue weighted by atomic mass is 9.90. The summed E-state index contributed by atoms with van der Waals surface area (Å²) in [6.45, 7) is 3.30. The summed E-state index contributed by atoms with van der Waals surface area (Å²) < 4.78 is 12.9. The van der Waals surface area contributed by atoms with E-state index in [1.807, 2.05) is 0 Å². The molecule has 1 aliphatic rings. The molecule has 2 aromatic rings. The third-order valence-corrected chi connectivity index (χ3v) is 5.67. The van der Waals surface area contributed by atoms with Gasteiger partial charge in [-0.1, -0.05) is 36.8 Å². The smallest absolute Gasteiger partial charge is 0.162 e. The van der Waals surface area contributed by atoms with E-state index in [1.165, 1.54) is 49.8 Å². The number of nitrogens with zero attached hydrogens (tertiary/aromatic N) is 1. The second kappa shape index (κ2) is 10.4. The first-order chi connectivity index (χ1) is 13.2. The number of likely N-dealkylation sites (tertiary alicyclic amines) is 1. The first kappa shape index (κ1) is 19.8. The second-order valence-corrected chi connectivity index (χ2v) is 7.70. The van der Waals surface area contributed by atoms with Gasteiger partial charge in [0.2, 0.25) is 0 Å². The summed E-state index contributed by atoms with van der Waals surface area (Å²) in [5.41, 5.74) is 2.06. The Kier molecular flexibility index (Phi) is 7.58. The van der Waals surface area contributed by atoms with Crippen LogP contribution in [0, 0.1) is 11.7 Å². The summed E-state index contributed by atoms with van der Waals surface area (Å²) in [7, 11) is 0. The largest absolute Gasteiger partial charge is 0.303 e. The molecule has 3 rings (SSSR count). The number of hydrogen-bond donors (Lipinski definition) is 0. The minimum Gasteiger partial charge on any atom is -0.303 e. The van der Waals surface area contributed by atoms with Gasteiger partial charge in [0.1, 0.15) is 5.82 Å². The lowest BCUT2D eigenvalue weighted by Gasteiger charge is -2.32. The number of halogens is 1. The van der Waals surface area contributed by atoms with E-state index >= 15 is 0 Å². The van der Waals surface area contributed by atoms with Gasteiger partial charge in [-0.15, -0.1) is 0 Å². The van der Waals surface area contributed by atoms with Crippen LogP contribution in [0.1, 0.15) is 54.4 Å². The molecule has 3 heteroatoms. The lowest BCUT2D eigenvalue weighted by Crippen LogP contribution is -2.34. The van der Waals surface area contributed by atoms with E-state index in [0.29, 0.717) is 12.0 Å². The Bertz CT molecular complexity index is 690. The van der Waals surface area contributed by atoms with E-state index in [1.54, 1.807) is 12.1 Å². The Balaban J connectivity index is 1.28. The van der Waals surface area contributed by atoms with Crippen molar-refractivity contribution in [2.24, 2.45) is 5.92 Å². The Hall–Kier alpha value is -2.00. The van der Waals surface area contributed by atoms with Crippen LogP contribution in [0.5, 0.6) is 0 Å². The zero-order valence-corrected chi connectivity index (χ0v) is 16.1. The summed E-state index contributed by atoms with van der Waals surface area (Å²) in [4.78, 5) is 14.6. The molecule has 2 aromatic carbocycles. The fourth-order valence-corrected chi connectivity index (χ4v) is 3.98. The van der Waals surface area contributed by atoms with Crippen molar-refractivity contribution in [2.45, 2.75) is 44.9 Å². The summed E-state index contributed by atoms with van der Waals surface area (Å²) in [6.07, 6.45) is 7.78.